The number of amides is 1. The zero-order valence-electron chi connectivity index (χ0n) is 56.9. The van der Waals surface area contributed by atoms with Gasteiger partial charge in [-0.05, 0) is 83.1 Å². The Bertz CT molecular complexity index is 1530. The number of likely N-dealkylation sites (N-methyl/N-ethyl adjacent to an activating group) is 1. The van der Waals surface area contributed by atoms with Crippen molar-refractivity contribution < 1.29 is 37.3 Å². The molecule has 0 saturated heterocycles. The van der Waals surface area contributed by atoms with Crippen molar-refractivity contribution in [2.75, 3.05) is 40.9 Å². The summed E-state index contributed by atoms with van der Waals surface area (Å²) in [5.41, 5.74) is 0. The number of carbonyl (C=O) groups excluding carboxylic acids is 2. The number of esters is 1. The molecule has 496 valence electrons. The molecule has 0 aliphatic rings. The van der Waals surface area contributed by atoms with E-state index in [0.29, 0.717) is 23.9 Å². The van der Waals surface area contributed by atoms with Gasteiger partial charge in [-0.15, -0.1) is 0 Å². The van der Waals surface area contributed by atoms with Gasteiger partial charge in [0, 0.05) is 12.8 Å². The molecule has 84 heavy (non-hydrogen) atoms. The van der Waals surface area contributed by atoms with E-state index in [-0.39, 0.29) is 25.1 Å². The molecule has 0 aromatic heterocycles. The van der Waals surface area contributed by atoms with E-state index in [1.54, 1.807) is 0 Å². The van der Waals surface area contributed by atoms with Crippen LogP contribution in [-0.2, 0) is 27.9 Å². The smallest absolute Gasteiger partial charge is 0.456 e. The molecule has 10 heteroatoms. The van der Waals surface area contributed by atoms with Gasteiger partial charge in [0.1, 0.15) is 19.3 Å². The predicted molar refractivity (Wildman–Crippen MR) is 365 cm³/mol. The number of allylic oxidation sites excluding steroid dienone is 5. The zero-order chi connectivity index (χ0) is 61.4. The summed E-state index contributed by atoms with van der Waals surface area (Å²) in [7, 11) is 1.51. The first-order chi connectivity index (χ1) is 40.9. The standard InChI is InChI=1S/C74H143N2O7P/c1-7-10-13-16-19-22-25-28-30-32-34-35-36-37-38-39-40-41-43-45-47-49-52-55-58-61-64-67-74(78)83-72(65-62-59-56-53-50-27-24-21-18-15-12-9-3)71(70-82-84(79,80)81-69-68-76(4,5)6)75-73(77)66-63-60-57-54-51-48-46-44-42-33-31-29-26-23-20-17-14-11-8-2/h28-31,62,65,71-72H,7-27,32-61,63-64,66-70H2,1-6H3,(H-,75,77,79,80)/p+1/b30-28+,31-29+,65-62-. The van der Waals surface area contributed by atoms with Gasteiger partial charge in [0.25, 0.3) is 0 Å². The van der Waals surface area contributed by atoms with Crippen molar-refractivity contribution >= 4 is 19.7 Å². The molecule has 2 N–H and O–H groups in total. The summed E-state index contributed by atoms with van der Waals surface area (Å²) >= 11 is 0. The van der Waals surface area contributed by atoms with Gasteiger partial charge < -0.3 is 19.4 Å². The normalized spacial score (nSPS) is 13.7. The fourth-order valence-electron chi connectivity index (χ4n) is 11.1. The number of unbranched alkanes of at least 4 members (excludes halogenated alkanes) is 48. The molecule has 0 bridgehead atoms. The first-order valence-electron chi connectivity index (χ1n) is 36.8. The number of quaternary nitrogens is 1. The van der Waals surface area contributed by atoms with E-state index in [1.165, 1.54) is 283 Å². The summed E-state index contributed by atoms with van der Waals surface area (Å²) in [5, 5.41) is 3.08. The monoisotopic (exact) mass is 1200 g/mol. The highest BCUT2D eigenvalue weighted by Gasteiger charge is 2.30. The van der Waals surface area contributed by atoms with E-state index < -0.39 is 20.0 Å². The average molecular weight is 1200 g/mol. The first kappa shape index (κ1) is 82.2. The number of hydrogen-bond donors (Lipinski definition) is 2. The Kier molecular flexibility index (Phi) is 62.9. The topological polar surface area (TPSA) is 111 Å². The van der Waals surface area contributed by atoms with Crippen LogP contribution in [0.3, 0.4) is 0 Å². The molecule has 0 radical (unpaired) electrons. The fourth-order valence-corrected chi connectivity index (χ4v) is 11.8. The molecule has 0 spiro atoms. The van der Waals surface area contributed by atoms with Crippen LogP contribution in [0.2, 0.25) is 0 Å². The summed E-state index contributed by atoms with van der Waals surface area (Å²) in [6.45, 7) is 7.06. The van der Waals surface area contributed by atoms with Crippen LogP contribution in [0.1, 0.15) is 374 Å². The Labute approximate surface area is 523 Å². The number of nitrogens with zero attached hydrogens (tertiary/aromatic N) is 1. The number of carbonyl (C=O) groups is 2. The van der Waals surface area contributed by atoms with Crippen molar-refractivity contribution in [3.8, 4) is 0 Å². The Morgan fingerprint density at radius 2 is 0.690 bits per heavy atom. The zero-order valence-corrected chi connectivity index (χ0v) is 57.8. The van der Waals surface area contributed by atoms with Crippen molar-refractivity contribution in [3.63, 3.8) is 0 Å². The first-order valence-corrected chi connectivity index (χ1v) is 38.3. The number of hydrogen-bond acceptors (Lipinski definition) is 6. The Hall–Kier alpha value is -1.77. The molecule has 0 aliphatic carbocycles. The van der Waals surface area contributed by atoms with Crippen LogP contribution in [0.4, 0.5) is 0 Å². The third kappa shape index (κ3) is 64.7. The minimum atomic E-state index is -4.45. The fraction of sp³-hybridized carbons (Fsp3) is 0.892. The van der Waals surface area contributed by atoms with Crippen LogP contribution < -0.4 is 5.32 Å². The van der Waals surface area contributed by atoms with E-state index in [1.807, 2.05) is 33.3 Å². The summed E-state index contributed by atoms with van der Waals surface area (Å²) in [6.07, 6.45) is 80.2. The van der Waals surface area contributed by atoms with Crippen molar-refractivity contribution in [2.45, 2.75) is 386 Å². The van der Waals surface area contributed by atoms with E-state index in [9.17, 15) is 19.0 Å². The quantitative estimate of drug-likeness (QED) is 0.0205. The summed E-state index contributed by atoms with van der Waals surface area (Å²) in [6, 6.07) is -0.847. The lowest BCUT2D eigenvalue weighted by Crippen LogP contribution is -2.47. The Morgan fingerprint density at radius 1 is 0.405 bits per heavy atom. The van der Waals surface area contributed by atoms with Gasteiger partial charge in [0.05, 0.1) is 33.8 Å². The maximum Gasteiger partial charge on any atom is 0.472 e. The highest BCUT2D eigenvalue weighted by molar-refractivity contribution is 7.47. The number of phosphoric acid groups is 1. The van der Waals surface area contributed by atoms with Crippen LogP contribution in [0.25, 0.3) is 0 Å². The highest BCUT2D eigenvalue weighted by atomic mass is 31.2. The van der Waals surface area contributed by atoms with Crippen LogP contribution in [0.5, 0.6) is 0 Å². The third-order valence-corrected chi connectivity index (χ3v) is 17.8. The van der Waals surface area contributed by atoms with Crippen LogP contribution in [0.15, 0.2) is 36.5 Å². The van der Waals surface area contributed by atoms with Crippen LogP contribution in [-0.4, -0.2) is 74.3 Å². The molecule has 0 heterocycles. The molecule has 0 aliphatic heterocycles. The lowest BCUT2D eigenvalue weighted by Gasteiger charge is -2.27. The number of nitrogens with one attached hydrogen (secondary N) is 1. The van der Waals surface area contributed by atoms with Crippen molar-refractivity contribution in [1.82, 2.24) is 5.32 Å². The second-order valence-corrected chi connectivity index (χ2v) is 27.9. The van der Waals surface area contributed by atoms with Gasteiger partial charge in [0.2, 0.25) is 5.91 Å². The van der Waals surface area contributed by atoms with E-state index in [2.05, 4.69) is 50.4 Å². The molecular formula is C74H144N2O7P+. The lowest BCUT2D eigenvalue weighted by molar-refractivity contribution is -0.870. The van der Waals surface area contributed by atoms with Crippen LogP contribution >= 0.6 is 7.82 Å². The molecule has 0 rings (SSSR count). The summed E-state index contributed by atoms with van der Waals surface area (Å²) < 4.78 is 30.9. The van der Waals surface area contributed by atoms with Crippen molar-refractivity contribution in [2.24, 2.45) is 0 Å². The Morgan fingerprint density at radius 3 is 1.01 bits per heavy atom. The molecule has 0 saturated carbocycles. The predicted octanol–water partition coefficient (Wildman–Crippen LogP) is 23.4. The number of rotatable bonds is 68. The molecule has 3 unspecified atom stereocenters. The number of phosphoric ester groups is 1. The molecule has 3 atom stereocenters. The second kappa shape index (κ2) is 64.2. The average Bonchev–Trinajstić information content (AvgIpc) is 3.65. The minimum absolute atomic E-state index is 0.0426. The van der Waals surface area contributed by atoms with E-state index in [0.717, 1.165) is 57.8 Å². The summed E-state index contributed by atoms with van der Waals surface area (Å²) in [5.74, 6) is -0.487. The maximum absolute atomic E-state index is 13.6. The molecule has 9 nitrogen and oxygen atoms in total. The second-order valence-electron chi connectivity index (χ2n) is 26.5. The minimum Gasteiger partial charge on any atom is -0.456 e. The molecule has 0 aromatic rings. The molecule has 0 aromatic carbocycles. The van der Waals surface area contributed by atoms with Gasteiger partial charge in [-0.2, -0.15) is 0 Å². The Balaban J connectivity index is 4.97. The largest absolute Gasteiger partial charge is 0.472 e. The lowest BCUT2D eigenvalue weighted by atomic mass is 10.0. The third-order valence-electron chi connectivity index (χ3n) is 16.8. The van der Waals surface area contributed by atoms with Crippen LogP contribution in [0, 0.1) is 0 Å². The van der Waals surface area contributed by atoms with Crippen molar-refractivity contribution in [1.29, 1.82) is 0 Å². The van der Waals surface area contributed by atoms with Gasteiger partial charge in [-0.1, -0.05) is 314 Å². The molecule has 0 fully saturated rings. The van der Waals surface area contributed by atoms with Gasteiger partial charge in [-0.3, -0.25) is 18.6 Å². The summed E-state index contributed by atoms with van der Waals surface area (Å²) in [4.78, 5) is 37.9. The molecular weight excluding hydrogens is 1060 g/mol. The van der Waals surface area contributed by atoms with Gasteiger partial charge in [-0.25, -0.2) is 4.57 Å². The van der Waals surface area contributed by atoms with Gasteiger partial charge in [0.15, 0.2) is 0 Å². The van der Waals surface area contributed by atoms with Gasteiger partial charge >= 0.3 is 13.8 Å². The van der Waals surface area contributed by atoms with E-state index >= 15 is 0 Å². The highest BCUT2D eigenvalue weighted by Crippen LogP contribution is 2.43. The molecule has 1 amide bonds. The van der Waals surface area contributed by atoms with Crippen molar-refractivity contribution in [3.05, 3.63) is 36.5 Å². The maximum atomic E-state index is 13.6. The number of ether oxygens (including phenoxy) is 1. The SMILES string of the molecule is CCCCCCCC/C=C/CCCCCCCCCCCCCCCCCCCC(=O)OC(/C=C\CCCCCCCCCCCC)C(COP(=O)(O)OCC[N+](C)(C)C)NC(=O)CCCCCCCCCCC/C=C/CCCCCCCC. The van der Waals surface area contributed by atoms with E-state index in [4.69, 9.17) is 13.8 Å².